The fourth-order valence-corrected chi connectivity index (χ4v) is 4.21. The van der Waals surface area contributed by atoms with E-state index in [0.29, 0.717) is 18.0 Å². The Labute approximate surface area is 165 Å². The van der Waals surface area contributed by atoms with Gasteiger partial charge in [-0.1, -0.05) is 12.5 Å². The van der Waals surface area contributed by atoms with Gasteiger partial charge < -0.3 is 16.0 Å². The van der Waals surface area contributed by atoms with E-state index in [4.69, 9.17) is 5.73 Å². The molecule has 2 atom stereocenters. The minimum Gasteiger partial charge on any atom is -0.363 e. The minimum atomic E-state index is -0.583. The molecule has 2 fully saturated rings. The molecule has 1 aliphatic carbocycles. The molecule has 28 heavy (non-hydrogen) atoms. The van der Waals surface area contributed by atoms with E-state index in [0.717, 1.165) is 36.6 Å². The summed E-state index contributed by atoms with van der Waals surface area (Å²) in [6, 6.07) is 4.91. The zero-order valence-electron chi connectivity index (χ0n) is 16.6. The standard InChI is InChI=1S/C21H28N6O/c1-13-14(2)24-20(19(22)28)26-21(13)27-10-8-17(12-27)25-18(15-5-3-6-15)16-7-4-9-23-11-16/h4,7,9,11,15,17-18,25H,3,5-6,8,10,12H2,1-2H3,(H2,22,28)/t17-,18?/m1/s1. The quantitative estimate of drug-likeness (QED) is 0.798. The first-order chi connectivity index (χ1) is 13.5. The van der Waals surface area contributed by atoms with Crippen LogP contribution in [0.5, 0.6) is 0 Å². The average Bonchev–Trinajstić information content (AvgIpc) is 3.11. The summed E-state index contributed by atoms with van der Waals surface area (Å²) in [7, 11) is 0. The van der Waals surface area contributed by atoms with E-state index in [1.807, 2.05) is 32.3 Å². The van der Waals surface area contributed by atoms with Gasteiger partial charge in [-0.25, -0.2) is 9.97 Å². The summed E-state index contributed by atoms with van der Waals surface area (Å²) in [5.74, 6) is 1.02. The highest BCUT2D eigenvalue weighted by Gasteiger charge is 2.33. The Morgan fingerprint density at radius 1 is 1.29 bits per heavy atom. The van der Waals surface area contributed by atoms with Crippen molar-refractivity contribution in [3.63, 3.8) is 0 Å². The van der Waals surface area contributed by atoms with E-state index in [1.54, 1.807) is 0 Å². The molecule has 4 rings (SSSR count). The number of carbonyl (C=O) groups excluding carboxylic acids is 1. The molecule has 0 aromatic carbocycles. The SMILES string of the molecule is Cc1nc(C(N)=O)nc(N2CC[C@@H](NC(c3cccnc3)C3CCC3)C2)c1C. The first-order valence-electron chi connectivity index (χ1n) is 10.1. The number of amides is 1. The molecule has 3 N–H and O–H groups in total. The third-order valence-corrected chi connectivity index (χ3v) is 6.15. The van der Waals surface area contributed by atoms with Crippen LogP contribution in [-0.2, 0) is 0 Å². The smallest absolute Gasteiger partial charge is 0.286 e. The van der Waals surface area contributed by atoms with Crippen molar-refractivity contribution in [2.24, 2.45) is 11.7 Å². The molecular weight excluding hydrogens is 352 g/mol. The normalized spacial score (nSPS) is 20.8. The maximum Gasteiger partial charge on any atom is 0.286 e. The van der Waals surface area contributed by atoms with Crippen LogP contribution in [0.3, 0.4) is 0 Å². The average molecular weight is 380 g/mol. The molecule has 1 saturated carbocycles. The van der Waals surface area contributed by atoms with Crippen molar-refractivity contribution in [2.45, 2.75) is 51.6 Å². The minimum absolute atomic E-state index is 0.0946. The molecule has 1 aliphatic heterocycles. The molecule has 2 aromatic heterocycles. The number of carbonyl (C=O) groups is 1. The van der Waals surface area contributed by atoms with E-state index < -0.39 is 5.91 Å². The number of hydrogen-bond donors (Lipinski definition) is 2. The van der Waals surface area contributed by atoms with Gasteiger partial charge in [0.05, 0.1) is 0 Å². The van der Waals surface area contributed by atoms with Crippen LogP contribution in [0.2, 0.25) is 0 Å². The lowest BCUT2D eigenvalue weighted by Gasteiger charge is -2.36. The topological polar surface area (TPSA) is 97.0 Å². The third-order valence-electron chi connectivity index (χ3n) is 6.15. The highest BCUT2D eigenvalue weighted by atomic mass is 16.1. The number of hydrogen-bond acceptors (Lipinski definition) is 6. The highest BCUT2D eigenvalue weighted by molar-refractivity contribution is 5.89. The summed E-state index contributed by atoms with van der Waals surface area (Å²) >= 11 is 0. The monoisotopic (exact) mass is 380 g/mol. The molecule has 1 unspecified atom stereocenters. The van der Waals surface area contributed by atoms with E-state index in [1.165, 1.54) is 24.8 Å². The Balaban J connectivity index is 1.50. The summed E-state index contributed by atoms with van der Waals surface area (Å²) in [6.07, 6.45) is 8.71. The van der Waals surface area contributed by atoms with Crippen LogP contribution in [-0.4, -0.2) is 40.0 Å². The van der Waals surface area contributed by atoms with Gasteiger partial charge in [0.1, 0.15) is 5.82 Å². The molecule has 148 valence electrons. The molecule has 1 saturated heterocycles. The van der Waals surface area contributed by atoms with Gasteiger partial charge >= 0.3 is 0 Å². The second-order valence-corrected chi connectivity index (χ2v) is 8.00. The summed E-state index contributed by atoms with van der Waals surface area (Å²) in [4.78, 5) is 26.8. The molecule has 1 amide bonds. The Kier molecular flexibility index (Phi) is 5.26. The molecule has 7 nitrogen and oxygen atoms in total. The molecule has 0 spiro atoms. The van der Waals surface area contributed by atoms with Crippen LogP contribution >= 0.6 is 0 Å². The van der Waals surface area contributed by atoms with E-state index in [2.05, 4.69) is 31.2 Å². The Hall–Kier alpha value is -2.54. The lowest BCUT2D eigenvalue weighted by Crippen LogP contribution is -2.40. The predicted octanol–water partition coefficient (Wildman–Crippen LogP) is 2.30. The van der Waals surface area contributed by atoms with Crippen LogP contribution in [0.15, 0.2) is 24.5 Å². The Morgan fingerprint density at radius 3 is 2.75 bits per heavy atom. The highest BCUT2D eigenvalue weighted by Crippen LogP contribution is 2.38. The fourth-order valence-electron chi connectivity index (χ4n) is 4.21. The van der Waals surface area contributed by atoms with Crippen molar-refractivity contribution < 1.29 is 4.79 Å². The van der Waals surface area contributed by atoms with Crippen molar-refractivity contribution in [3.8, 4) is 0 Å². The Bertz CT molecular complexity index is 851. The van der Waals surface area contributed by atoms with Crippen LogP contribution in [0.1, 0.15) is 59.2 Å². The van der Waals surface area contributed by atoms with E-state index in [9.17, 15) is 4.79 Å². The summed E-state index contributed by atoms with van der Waals surface area (Å²) < 4.78 is 0. The van der Waals surface area contributed by atoms with Gasteiger partial charge in [-0.05, 0) is 50.7 Å². The van der Waals surface area contributed by atoms with Crippen molar-refractivity contribution in [1.82, 2.24) is 20.3 Å². The first-order valence-corrected chi connectivity index (χ1v) is 10.1. The molecule has 2 aromatic rings. The number of pyridine rings is 1. The zero-order chi connectivity index (χ0) is 19.7. The number of rotatable bonds is 6. The maximum atomic E-state index is 11.6. The number of aromatic nitrogens is 3. The largest absolute Gasteiger partial charge is 0.363 e. The molecule has 3 heterocycles. The molecule has 0 radical (unpaired) electrons. The number of nitrogens with two attached hydrogens (primary N) is 1. The van der Waals surface area contributed by atoms with E-state index >= 15 is 0 Å². The van der Waals surface area contributed by atoms with Gasteiger partial charge in [0, 0.05) is 48.8 Å². The molecule has 7 heteroatoms. The Morgan fingerprint density at radius 2 is 2.11 bits per heavy atom. The van der Waals surface area contributed by atoms with Gasteiger partial charge in [-0.2, -0.15) is 0 Å². The summed E-state index contributed by atoms with van der Waals surface area (Å²) in [5, 5.41) is 3.89. The number of anilines is 1. The summed E-state index contributed by atoms with van der Waals surface area (Å²) in [5.41, 5.74) is 8.50. The zero-order valence-corrected chi connectivity index (χ0v) is 16.6. The van der Waals surface area contributed by atoms with Crippen LogP contribution < -0.4 is 16.0 Å². The van der Waals surface area contributed by atoms with Gasteiger partial charge in [0.2, 0.25) is 5.82 Å². The van der Waals surface area contributed by atoms with Crippen molar-refractivity contribution >= 4 is 11.7 Å². The molecule has 0 bridgehead atoms. The predicted molar refractivity (Wildman–Crippen MR) is 108 cm³/mol. The number of primary amides is 1. The van der Waals surface area contributed by atoms with Crippen molar-refractivity contribution in [3.05, 3.63) is 47.2 Å². The number of aryl methyl sites for hydroxylation is 1. The molecular formula is C21H28N6O. The lowest BCUT2D eigenvalue weighted by molar-refractivity contribution is 0.0990. The van der Waals surface area contributed by atoms with Crippen LogP contribution in [0.4, 0.5) is 5.82 Å². The van der Waals surface area contributed by atoms with Gasteiger partial charge in [0.15, 0.2) is 0 Å². The number of nitrogens with one attached hydrogen (secondary N) is 1. The van der Waals surface area contributed by atoms with Crippen molar-refractivity contribution in [1.29, 1.82) is 0 Å². The third kappa shape index (κ3) is 3.71. The van der Waals surface area contributed by atoms with Gasteiger partial charge in [-0.15, -0.1) is 0 Å². The second kappa shape index (κ2) is 7.83. The van der Waals surface area contributed by atoms with Crippen LogP contribution in [0, 0.1) is 19.8 Å². The van der Waals surface area contributed by atoms with Crippen molar-refractivity contribution in [2.75, 3.05) is 18.0 Å². The lowest BCUT2D eigenvalue weighted by atomic mass is 9.77. The maximum absolute atomic E-state index is 11.6. The second-order valence-electron chi connectivity index (χ2n) is 8.00. The van der Waals surface area contributed by atoms with Gasteiger partial charge in [0.25, 0.3) is 5.91 Å². The van der Waals surface area contributed by atoms with Crippen LogP contribution in [0.25, 0.3) is 0 Å². The summed E-state index contributed by atoms with van der Waals surface area (Å²) in [6.45, 7) is 5.66. The first kappa shape index (κ1) is 18.8. The van der Waals surface area contributed by atoms with Gasteiger partial charge in [-0.3, -0.25) is 9.78 Å². The fraction of sp³-hybridized carbons (Fsp3) is 0.524. The molecule has 2 aliphatic rings. The number of nitrogens with zero attached hydrogens (tertiary/aromatic N) is 4. The van der Waals surface area contributed by atoms with E-state index in [-0.39, 0.29) is 5.82 Å².